The van der Waals surface area contributed by atoms with E-state index in [1.807, 2.05) is 0 Å². The fourth-order valence-corrected chi connectivity index (χ4v) is 1.34. The van der Waals surface area contributed by atoms with Gasteiger partial charge in [0.2, 0.25) is 11.7 Å². The van der Waals surface area contributed by atoms with Gasteiger partial charge in [-0.25, -0.2) is 0 Å². The number of hydrogen-bond acceptors (Lipinski definition) is 5. The number of nitrogens with zero attached hydrogens (tertiary/aromatic N) is 2. The molecule has 1 aromatic carbocycles. The second-order valence-corrected chi connectivity index (χ2v) is 3.38. The first-order valence-corrected chi connectivity index (χ1v) is 4.97. The molecule has 6 nitrogen and oxygen atoms in total. The lowest BCUT2D eigenvalue weighted by Gasteiger charge is -2.06. The number of amides is 1. The molecule has 0 aliphatic heterocycles. The van der Waals surface area contributed by atoms with Crippen LogP contribution in [0.25, 0.3) is 0 Å². The monoisotopic (exact) mass is 233 g/mol. The summed E-state index contributed by atoms with van der Waals surface area (Å²) in [6.45, 7) is 1.81. The van der Waals surface area contributed by atoms with E-state index in [0.717, 1.165) is 0 Å². The van der Waals surface area contributed by atoms with E-state index >= 15 is 0 Å². The fraction of sp³-hybridized carbons (Fsp3) is 0.182. The van der Waals surface area contributed by atoms with Gasteiger partial charge in [0.1, 0.15) is 5.75 Å². The molecule has 2 rings (SSSR count). The van der Waals surface area contributed by atoms with E-state index in [2.05, 4.69) is 10.1 Å². The van der Waals surface area contributed by atoms with Gasteiger partial charge in [-0.3, -0.25) is 4.79 Å². The third-order valence-electron chi connectivity index (χ3n) is 2.08. The van der Waals surface area contributed by atoms with Crippen LogP contribution >= 0.6 is 0 Å². The minimum absolute atomic E-state index is 0.127. The maximum absolute atomic E-state index is 11.1. The number of nitrogens with two attached hydrogens (primary N) is 1. The van der Waals surface area contributed by atoms with Gasteiger partial charge >= 0.3 is 0 Å². The summed E-state index contributed by atoms with van der Waals surface area (Å²) >= 11 is 0. The molecule has 0 bridgehead atoms. The molecular weight excluding hydrogens is 222 g/mol. The first kappa shape index (κ1) is 11.1. The summed E-state index contributed by atoms with van der Waals surface area (Å²) in [5, 5.41) is 3.68. The van der Waals surface area contributed by atoms with E-state index in [0.29, 0.717) is 23.0 Å². The Bertz CT molecular complexity index is 536. The van der Waals surface area contributed by atoms with E-state index in [4.69, 9.17) is 15.0 Å². The predicted molar refractivity (Wildman–Crippen MR) is 58.3 cm³/mol. The number of carbonyl (C=O) groups excluding carboxylic acids is 1. The van der Waals surface area contributed by atoms with Crippen molar-refractivity contribution in [3.05, 3.63) is 41.5 Å². The quantitative estimate of drug-likeness (QED) is 0.852. The summed E-state index contributed by atoms with van der Waals surface area (Å²) in [7, 11) is 0. The van der Waals surface area contributed by atoms with E-state index in [1.165, 1.54) is 0 Å². The van der Waals surface area contributed by atoms with Crippen LogP contribution in [0.1, 0.15) is 22.1 Å². The van der Waals surface area contributed by atoms with Gasteiger partial charge in [-0.05, 0) is 12.1 Å². The van der Waals surface area contributed by atoms with Crippen molar-refractivity contribution in [2.24, 2.45) is 5.73 Å². The van der Waals surface area contributed by atoms with Crippen molar-refractivity contribution in [2.75, 3.05) is 0 Å². The lowest BCUT2D eigenvalue weighted by molar-refractivity contribution is 0.0995. The molecule has 0 fully saturated rings. The summed E-state index contributed by atoms with van der Waals surface area (Å²) < 4.78 is 10.2. The maximum atomic E-state index is 11.1. The number of primary amides is 1. The molecule has 0 spiro atoms. The van der Waals surface area contributed by atoms with Crippen molar-refractivity contribution in [3.63, 3.8) is 0 Å². The van der Waals surface area contributed by atoms with Gasteiger partial charge in [0.05, 0.1) is 5.56 Å². The Morgan fingerprint density at radius 3 is 2.88 bits per heavy atom. The van der Waals surface area contributed by atoms with Crippen LogP contribution in [0.2, 0.25) is 0 Å². The molecule has 0 aliphatic carbocycles. The number of carbonyl (C=O) groups is 1. The van der Waals surface area contributed by atoms with Crippen LogP contribution in [0.3, 0.4) is 0 Å². The van der Waals surface area contributed by atoms with Gasteiger partial charge in [-0.2, -0.15) is 4.98 Å². The second kappa shape index (κ2) is 4.65. The Morgan fingerprint density at radius 1 is 1.47 bits per heavy atom. The highest BCUT2D eigenvalue weighted by Crippen LogP contribution is 2.18. The van der Waals surface area contributed by atoms with Crippen LogP contribution in [0.15, 0.2) is 28.8 Å². The zero-order valence-electron chi connectivity index (χ0n) is 9.21. The number of ether oxygens (including phenoxy) is 1. The standard InChI is InChI=1S/C11H11N3O3/c1-7-13-10(14-17-7)6-16-9-5-3-2-4-8(9)11(12)15/h2-5H,6H2,1H3,(H2,12,15). The Kier molecular flexibility index (Phi) is 3.04. The normalized spacial score (nSPS) is 10.2. The zero-order chi connectivity index (χ0) is 12.3. The summed E-state index contributed by atoms with van der Waals surface area (Å²) in [5.41, 5.74) is 5.55. The molecule has 1 heterocycles. The molecule has 6 heteroatoms. The highest BCUT2D eigenvalue weighted by Gasteiger charge is 2.09. The number of aryl methyl sites for hydroxylation is 1. The smallest absolute Gasteiger partial charge is 0.252 e. The molecule has 0 atom stereocenters. The molecule has 0 saturated carbocycles. The molecule has 2 N–H and O–H groups in total. The lowest BCUT2D eigenvalue weighted by atomic mass is 10.2. The van der Waals surface area contributed by atoms with Crippen molar-refractivity contribution in [1.82, 2.24) is 10.1 Å². The predicted octanol–water partition coefficient (Wildman–Crippen LogP) is 1.06. The minimum atomic E-state index is -0.537. The lowest BCUT2D eigenvalue weighted by Crippen LogP contribution is -2.13. The minimum Gasteiger partial charge on any atom is -0.485 e. The highest BCUT2D eigenvalue weighted by atomic mass is 16.5. The van der Waals surface area contributed by atoms with Crippen molar-refractivity contribution in [3.8, 4) is 5.75 Å². The van der Waals surface area contributed by atoms with Crippen LogP contribution in [-0.4, -0.2) is 16.0 Å². The third kappa shape index (κ3) is 2.60. The van der Waals surface area contributed by atoms with Gasteiger partial charge in [-0.1, -0.05) is 17.3 Å². The molecule has 1 amide bonds. The number of rotatable bonds is 4. The SMILES string of the molecule is Cc1nc(COc2ccccc2C(N)=O)no1. The third-order valence-corrected chi connectivity index (χ3v) is 2.08. The molecule has 0 saturated heterocycles. The van der Waals surface area contributed by atoms with Crippen LogP contribution in [0.4, 0.5) is 0 Å². The summed E-state index contributed by atoms with van der Waals surface area (Å²) in [6, 6.07) is 6.72. The molecule has 1 aromatic heterocycles. The van der Waals surface area contributed by atoms with Gasteiger partial charge in [0, 0.05) is 6.92 Å². The van der Waals surface area contributed by atoms with Gasteiger partial charge in [0.25, 0.3) is 5.91 Å². The van der Waals surface area contributed by atoms with Crippen molar-refractivity contribution in [2.45, 2.75) is 13.5 Å². The summed E-state index contributed by atoms with van der Waals surface area (Å²) in [4.78, 5) is 15.1. The Hall–Kier alpha value is -2.37. The molecule has 0 unspecified atom stereocenters. The largest absolute Gasteiger partial charge is 0.485 e. The first-order chi connectivity index (χ1) is 8.16. The number of benzene rings is 1. The molecular formula is C11H11N3O3. The molecule has 17 heavy (non-hydrogen) atoms. The summed E-state index contributed by atoms with van der Waals surface area (Å²) in [6.07, 6.45) is 0. The van der Waals surface area contributed by atoms with Gasteiger partial charge in [0.15, 0.2) is 6.61 Å². The fourth-order valence-electron chi connectivity index (χ4n) is 1.34. The Balaban J connectivity index is 2.11. The maximum Gasteiger partial charge on any atom is 0.252 e. The van der Waals surface area contributed by atoms with Crippen LogP contribution < -0.4 is 10.5 Å². The second-order valence-electron chi connectivity index (χ2n) is 3.38. The summed E-state index contributed by atoms with van der Waals surface area (Å²) in [5.74, 6) is 0.751. The van der Waals surface area contributed by atoms with Crippen molar-refractivity contribution >= 4 is 5.91 Å². The molecule has 0 radical (unpaired) electrons. The zero-order valence-corrected chi connectivity index (χ0v) is 9.21. The van der Waals surface area contributed by atoms with Crippen LogP contribution in [0.5, 0.6) is 5.75 Å². The van der Waals surface area contributed by atoms with E-state index in [1.54, 1.807) is 31.2 Å². The van der Waals surface area contributed by atoms with E-state index < -0.39 is 5.91 Å². The van der Waals surface area contributed by atoms with E-state index in [9.17, 15) is 4.79 Å². The topological polar surface area (TPSA) is 91.2 Å². The molecule has 88 valence electrons. The molecule has 2 aromatic rings. The van der Waals surface area contributed by atoms with Crippen molar-refractivity contribution < 1.29 is 14.1 Å². The number of hydrogen-bond donors (Lipinski definition) is 1. The Labute approximate surface area is 97.4 Å². The van der Waals surface area contributed by atoms with Gasteiger partial charge in [-0.15, -0.1) is 0 Å². The average Bonchev–Trinajstić information content (AvgIpc) is 2.73. The van der Waals surface area contributed by atoms with Crippen molar-refractivity contribution in [1.29, 1.82) is 0 Å². The van der Waals surface area contributed by atoms with E-state index in [-0.39, 0.29) is 6.61 Å². The average molecular weight is 233 g/mol. The van der Waals surface area contributed by atoms with Gasteiger partial charge < -0.3 is 15.0 Å². The van der Waals surface area contributed by atoms with Crippen LogP contribution in [0, 0.1) is 6.92 Å². The number of aromatic nitrogens is 2. The molecule has 0 aliphatic rings. The number of para-hydroxylation sites is 1. The first-order valence-electron chi connectivity index (χ1n) is 4.97. The Morgan fingerprint density at radius 2 is 2.24 bits per heavy atom. The highest BCUT2D eigenvalue weighted by molar-refractivity contribution is 5.95. The van der Waals surface area contributed by atoms with Crippen LogP contribution in [-0.2, 0) is 6.61 Å².